The third-order valence-electron chi connectivity index (χ3n) is 3.69. The standard InChI is InChI=1S/C16H24BrN3O4/c1-22-14-9-12(8-13(17)16(14)24-11-15(18)21)10-19-2-3-20-4-6-23-7-5-20/h8-9,19H,2-7,10-11H2,1H3,(H2,18,21). The Bertz CT molecular complexity index is 550. The van der Waals surface area contributed by atoms with Crippen LogP contribution in [0.4, 0.5) is 0 Å². The first kappa shape index (κ1) is 19.0. The minimum Gasteiger partial charge on any atom is -0.493 e. The van der Waals surface area contributed by atoms with E-state index in [1.807, 2.05) is 12.1 Å². The molecule has 134 valence electrons. The topological polar surface area (TPSA) is 86.1 Å². The summed E-state index contributed by atoms with van der Waals surface area (Å²) in [7, 11) is 1.56. The Hall–Kier alpha value is -1.35. The van der Waals surface area contributed by atoms with E-state index in [-0.39, 0.29) is 6.61 Å². The largest absolute Gasteiger partial charge is 0.493 e. The lowest BCUT2D eigenvalue weighted by molar-refractivity contribution is -0.119. The number of amides is 1. The highest BCUT2D eigenvalue weighted by Crippen LogP contribution is 2.36. The van der Waals surface area contributed by atoms with Crippen LogP contribution in [-0.2, 0) is 16.1 Å². The Morgan fingerprint density at radius 3 is 2.83 bits per heavy atom. The number of carbonyl (C=O) groups excluding carboxylic acids is 1. The number of nitrogens with zero attached hydrogens (tertiary/aromatic N) is 1. The van der Waals surface area contributed by atoms with E-state index in [2.05, 4.69) is 26.1 Å². The van der Waals surface area contributed by atoms with E-state index >= 15 is 0 Å². The fraction of sp³-hybridized carbons (Fsp3) is 0.562. The zero-order valence-corrected chi connectivity index (χ0v) is 15.4. The molecule has 0 bridgehead atoms. The molecule has 24 heavy (non-hydrogen) atoms. The number of methoxy groups -OCH3 is 1. The highest BCUT2D eigenvalue weighted by Gasteiger charge is 2.13. The summed E-state index contributed by atoms with van der Waals surface area (Å²) in [6.45, 7) is 6.05. The van der Waals surface area contributed by atoms with Crippen molar-refractivity contribution in [3.63, 3.8) is 0 Å². The lowest BCUT2D eigenvalue weighted by Gasteiger charge is -2.26. The van der Waals surface area contributed by atoms with Crippen molar-refractivity contribution in [3.8, 4) is 11.5 Å². The monoisotopic (exact) mass is 401 g/mol. The molecule has 1 saturated heterocycles. The van der Waals surface area contributed by atoms with Gasteiger partial charge in [0.05, 0.1) is 24.8 Å². The average Bonchev–Trinajstić information content (AvgIpc) is 2.58. The van der Waals surface area contributed by atoms with Crippen molar-refractivity contribution in [1.82, 2.24) is 10.2 Å². The summed E-state index contributed by atoms with van der Waals surface area (Å²) in [5, 5.41) is 3.42. The van der Waals surface area contributed by atoms with Gasteiger partial charge in [-0.1, -0.05) is 0 Å². The quantitative estimate of drug-likeness (QED) is 0.593. The number of primary amides is 1. The lowest BCUT2D eigenvalue weighted by Crippen LogP contribution is -2.40. The minimum atomic E-state index is -0.530. The first-order chi connectivity index (χ1) is 11.6. The van der Waals surface area contributed by atoms with Crippen LogP contribution in [0.1, 0.15) is 5.56 Å². The summed E-state index contributed by atoms with van der Waals surface area (Å²) in [5.41, 5.74) is 6.17. The SMILES string of the molecule is COc1cc(CNCCN2CCOCC2)cc(Br)c1OCC(N)=O. The predicted molar refractivity (Wildman–Crippen MR) is 94.3 cm³/mol. The second-order valence-corrected chi connectivity index (χ2v) is 6.35. The Labute approximate surface area is 150 Å². The van der Waals surface area contributed by atoms with Gasteiger partial charge in [-0.05, 0) is 33.6 Å². The smallest absolute Gasteiger partial charge is 0.255 e. The van der Waals surface area contributed by atoms with Crippen molar-refractivity contribution in [2.24, 2.45) is 5.73 Å². The van der Waals surface area contributed by atoms with Crippen LogP contribution in [0, 0.1) is 0 Å². The number of benzene rings is 1. The fourth-order valence-electron chi connectivity index (χ4n) is 2.45. The number of ether oxygens (including phenoxy) is 3. The normalized spacial score (nSPS) is 15.2. The van der Waals surface area contributed by atoms with Crippen LogP contribution in [0.15, 0.2) is 16.6 Å². The molecule has 1 aliphatic rings. The molecular weight excluding hydrogens is 378 g/mol. The summed E-state index contributed by atoms with van der Waals surface area (Å²) in [6, 6.07) is 3.84. The molecule has 1 aliphatic heterocycles. The van der Waals surface area contributed by atoms with Crippen LogP contribution in [0.3, 0.4) is 0 Å². The Morgan fingerprint density at radius 1 is 1.42 bits per heavy atom. The molecule has 7 nitrogen and oxygen atoms in total. The molecule has 0 saturated carbocycles. The molecule has 1 fully saturated rings. The first-order valence-corrected chi connectivity index (χ1v) is 8.67. The highest BCUT2D eigenvalue weighted by molar-refractivity contribution is 9.10. The molecule has 2 rings (SSSR count). The summed E-state index contributed by atoms with van der Waals surface area (Å²) in [6.07, 6.45) is 0. The molecule has 3 N–H and O–H groups in total. The van der Waals surface area contributed by atoms with Gasteiger partial charge in [-0.25, -0.2) is 0 Å². The van der Waals surface area contributed by atoms with E-state index in [0.29, 0.717) is 11.5 Å². The Kier molecular flexibility index (Phi) is 7.77. The zero-order chi connectivity index (χ0) is 17.4. The van der Waals surface area contributed by atoms with Gasteiger partial charge in [0.25, 0.3) is 5.91 Å². The maximum atomic E-state index is 10.9. The molecule has 0 spiro atoms. The summed E-state index contributed by atoms with van der Waals surface area (Å²) < 4.78 is 16.8. The summed E-state index contributed by atoms with van der Waals surface area (Å²) in [5.74, 6) is 0.516. The molecule has 0 atom stereocenters. The minimum absolute atomic E-state index is 0.188. The molecule has 1 aromatic rings. The van der Waals surface area contributed by atoms with Crippen molar-refractivity contribution in [2.45, 2.75) is 6.54 Å². The van der Waals surface area contributed by atoms with Crippen molar-refractivity contribution < 1.29 is 19.0 Å². The van der Waals surface area contributed by atoms with E-state index in [1.165, 1.54) is 0 Å². The second kappa shape index (κ2) is 9.83. The number of rotatable bonds is 9. The maximum Gasteiger partial charge on any atom is 0.255 e. The van der Waals surface area contributed by atoms with Crippen molar-refractivity contribution in [2.75, 3.05) is 53.1 Å². The molecule has 8 heteroatoms. The van der Waals surface area contributed by atoms with Gasteiger partial charge in [-0.2, -0.15) is 0 Å². The van der Waals surface area contributed by atoms with E-state index in [1.54, 1.807) is 7.11 Å². The molecule has 0 aliphatic carbocycles. The number of nitrogens with one attached hydrogen (secondary N) is 1. The highest BCUT2D eigenvalue weighted by atomic mass is 79.9. The van der Waals surface area contributed by atoms with E-state index in [0.717, 1.165) is 56.0 Å². The average molecular weight is 402 g/mol. The number of hydrogen-bond acceptors (Lipinski definition) is 6. The summed E-state index contributed by atoms with van der Waals surface area (Å²) >= 11 is 3.45. The van der Waals surface area contributed by atoms with E-state index in [9.17, 15) is 4.79 Å². The fourth-order valence-corrected chi connectivity index (χ4v) is 3.06. The van der Waals surface area contributed by atoms with Crippen LogP contribution in [0.5, 0.6) is 11.5 Å². The first-order valence-electron chi connectivity index (χ1n) is 7.88. The van der Waals surface area contributed by atoms with Gasteiger partial charge < -0.3 is 25.3 Å². The molecule has 1 amide bonds. The van der Waals surface area contributed by atoms with Gasteiger partial charge in [0.1, 0.15) is 0 Å². The Morgan fingerprint density at radius 2 is 2.17 bits per heavy atom. The van der Waals surface area contributed by atoms with Crippen LogP contribution >= 0.6 is 15.9 Å². The summed E-state index contributed by atoms with van der Waals surface area (Å²) in [4.78, 5) is 13.3. The van der Waals surface area contributed by atoms with Crippen LogP contribution in [0.25, 0.3) is 0 Å². The molecule has 0 radical (unpaired) electrons. The molecular formula is C16H24BrN3O4. The zero-order valence-electron chi connectivity index (χ0n) is 13.8. The molecule has 1 heterocycles. The van der Waals surface area contributed by atoms with Gasteiger partial charge in [0.2, 0.25) is 0 Å². The van der Waals surface area contributed by atoms with Gasteiger partial charge in [-0.3, -0.25) is 9.69 Å². The van der Waals surface area contributed by atoms with Crippen molar-refractivity contribution in [1.29, 1.82) is 0 Å². The third kappa shape index (κ3) is 5.94. The van der Waals surface area contributed by atoms with Crippen LogP contribution < -0.4 is 20.5 Å². The molecule has 0 unspecified atom stereocenters. The van der Waals surface area contributed by atoms with E-state index in [4.69, 9.17) is 19.9 Å². The van der Waals surface area contributed by atoms with Crippen molar-refractivity contribution >= 4 is 21.8 Å². The number of hydrogen-bond donors (Lipinski definition) is 2. The van der Waals surface area contributed by atoms with Gasteiger partial charge in [0.15, 0.2) is 18.1 Å². The predicted octanol–water partition coefficient (Wildman–Crippen LogP) is 0.744. The van der Waals surface area contributed by atoms with Crippen LogP contribution in [-0.4, -0.2) is 63.9 Å². The molecule has 1 aromatic carbocycles. The van der Waals surface area contributed by atoms with Gasteiger partial charge in [-0.15, -0.1) is 0 Å². The van der Waals surface area contributed by atoms with Gasteiger partial charge >= 0.3 is 0 Å². The van der Waals surface area contributed by atoms with Crippen LogP contribution in [0.2, 0.25) is 0 Å². The number of halogens is 1. The maximum absolute atomic E-state index is 10.9. The third-order valence-corrected chi connectivity index (χ3v) is 4.27. The lowest BCUT2D eigenvalue weighted by atomic mass is 10.2. The Balaban J connectivity index is 1.85. The van der Waals surface area contributed by atoms with Gasteiger partial charge in [0, 0.05) is 32.7 Å². The van der Waals surface area contributed by atoms with E-state index < -0.39 is 5.91 Å². The number of carbonyl (C=O) groups is 1. The second-order valence-electron chi connectivity index (χ2n) is 5.49. The number of morpholine rings is 1. The molecule has 0 aromatic heterocycles. The van der Waals surface area contributed by atoms with Crippen molar-refractivity contribution in [3.05, 3.63) is 22.2 Å². The number of nitrogens with two attached hydrogens (primary N) is 1.